The Kier molecular flexibility index (Phi) is 17.4. The van der Waals surface area contributed by atoms with Crippen LogP contribution in [0.15, 0.2) is 59.1 Å². The summed E-state index contributed by atoms with van der Waals surface area (Å²) < 4.78 is 4.84. The van der Waals surface area contributed by atoms with Crippen LogP contribution in [-0.2, 0) is 33.5 Å². The average molecular weight is 809 g/mol. The molecule has 1 aliphatic heterocycles. The molecule has 1 aromatic heterocycles. The third kappa shape index (κ3) is 13.8. The Balaban J connectivity index is 1.77. The van der Waals surface area contributed by atoms with Gasteiger partial charge >= 0.3 is 5.97 Å². The smallest absolute Gasteiger partial charge is 0.308 e. The lowest BCUT2D eigenvalue weighted by Gasteiger charge is -2.34. The van der Waals surface area contributed by atoms with Crippen LogP contribution < -0.4 is 27.0 Å². The summed E-state index contributed by atoms with van der Waals surface area (Å²) in [6.45, 7) is 14.8. The number of hydrogen-bond acceptors (Lipinski definition) is 10. The minimum atomic E-state index is -1.07. The molecule has 16 heteroatoms. The molecule has 312 valence electrons. The molecule has 1 saturated heterocycles. The molecule has 0 saturated carbocycles. The number of nitrogens with one attached hydrogen (secondary N) is 4. The van der Waals surface area contributed by atoms with Crippen LogP contribution >= 0.6 is 11.3 Å². The number of nitrogens with zero attached hydrogens (tertiary/aromatic N) is 3. The van der Waals surface area contributed by atoms with Crippen LogP contribution in [0.3, 0.4) is 0 Å². The number of esters is 1. The zero-order valence-corrected chi connectivity index (χ0v) is 35.4. The molecule has 5 amide bonds. The number of amides is 5. The standard InChI is InChI=1S/C41H60N8O7S/c1-24(2)17-18-30(50)47-35(41(6,7)8)38(54)48-33(25(3)4)40(55)49-20-13-16-29(49)36(42)44-23-31(51)46-34(26(5)27-14-11-10-12-15-27)37(53)45-28(22-32(52)56-9)39-43-19-21-57-39/h10-12,14-15,17-19,21,24-26,28-29,33-35H,13,16,20,22-23H2,1-9H3,(H2,42,44)(H,45,53)(H,46,51)(H,47,50)(H,48,54). The second-order valence-corrected chi connectivity index (χ2v) is 17.0. The number of amidine groups is 1. The van der Waals surface area contributed by atoms with E-state index in [0.29, 0.717) is 24.4 Å². The van der Waals surface area contributed by atoms with Crippen molar-refractivity contribution in [2.45, 2.75) is 111 Å². The van der Waals surface area contributed by atoms with Crippen molar-refractivity contribution in [1.29, 1.82) is 0 Å². The predicted molar refractivity (Wildman–Crippen MR) is 220 cm³/mol. The van der Waals surface area contributed by atoms with E-state index in [4.69, 9.17) is 10.5 Å². The Labute approximate surface area is 340 Å². The quantitative estimate of drug-likeness (QED) is 0.0645. The van der Waals surface area contributed by atoms with E-state index in [-0.39, 0.29) is 30.0 Å². The molecule has 6 unspecified atom stereocenters. The van der Waals surface area contributed by atoms with Gasteiger partial charge in [0.25, 0.3) is 0 Å². The minimum Gasteiger partial charge on any atom is -0.469 e. The molecule has 6 atom stereocenters. The highest BCUT2D eigenvalue weighted by Gasteiger charge is 2.40. The summed E-state index contributed by atoms with van der Waals surface area (Å²) in [7, 11) is 1.26. The number of carbonyl (C=O) groups is 6. The van der Waals surface area contributed by atoms with Crippen molar-refractivity contribution >= 4 is 52.7 Å². The topological polar surface area (TPSA) is 214 Å². The highest BCUT2D eigenvalue weighted by molar-refractivity contribution is 7.09. The zero-order chi connectivity index (χ0) is 42.4. The second kappa shape index (κ2) is 21.4. The number of likely N-dealkylation sites (tertiary alicyclic amines) is 1. The number of rotatable bonds is 18. The molecule has 1 aromatic carbocycles. The van der Waals surface area contributed by atoms with E-state index < -0.39 is 77.7 Å². The number of nitrogens with two attached hydrogens (primary N) is 1. The highest BCUT2D eigenvalue weighted by atomic mass is 32.1. The van der Waals surface area contributed by atoms with E-state index in [1.807, 2.05) is 85.7 Å². The summed E-state index contributed by atoms with van der Waals surface area (Å²) >= 11 is 1.27. The van der Waals surface area contributed by atoms with Crippen molar-refractivity contribution in [2.24, 2.45) is 28.0 Å². The van der Waals surface area contributed by atoms with Crippen molar-refractivity contribution in [3.63, 3.8) is 0 Å². The van der Waals surface area contributed by atoms with Crippen molar-refractivity contribution in [3.05, 3.63) is 64.6 Å². The lowest BCUT2D eigenvalue weighted by Crippen LogP contribution is -2.60. The van der Waals surface area contributed by atoms with Crippen LogP contribution in [0, 0.1) is 17.3 Å². The summed E-state index contributed by atoms with van der Waals surface area (Å²) in [5.74, 6) is -3.46. The number of thiazole rings is 1. The Morgan fingerprint density at radius 1 is 0.982 bits per heavy atom. The first-order valence-corrected chi connectivity index (χ1v) is 20.2. The van der Waals surface area contributed by atoms with Crippen LogP contribution in [0.2, 0.25) is 0 Å². The number of allylic oxidation sites excluding steroid dienone is 1. The van der Waals surface area contributed by atoms with E-state index in [2.05, 4.69) is 31.2 Å². The first-order chi connectivity index (χ1) is 26.8. The zero-order valence-electron chi connectivity index (χ0n) is 34.5. The van der Waals surface area contributed by atoms with Crippen LogP contribution in [0.1, 0.15) is 97.2 Å². The van der Waals surface area contributed by atoms with Gasteiger partial charge in [0, 0.05) is 24.0 Å². The Hall–Kier alpha value is -5.12. The number of benzene rings is 1. The van der Waals surface area contributed by atoms with Gasteiger partial charge in [0.05, 0.1) is 25.6 Å². The molecule has 1 fully saturated rings. The van der Waals surface area contributed by atoms with Gasteiger partial charge in [-0.2, -0.15) is 0 Å². The van der Waals surface area contributed by atoms with E-state index >= 15 is 0 Å². The second-order valence-electron chi connectivity index (χ2n) is 16.0. The lowest BCUT2D eigenvalue weighted by molar-refractivity contribution is -0.141. The van der Waals surface area contributed by atoms with Crippen molar-refractivity contribution in [2.75, 3.05) is 20.2 Å². The third-order valence-corrected chi connectivity index (χ3v) is 10.5. The average Bonchev–Trinajstić information content (AvgIpc) is 3.89. The third-order valence-electron chi connectivity index (χ3n) is 9.65. The highest BCUT2D eigenvalue weighted by Crippen LogP contribution is 2.25. The van der Waals surface area contributed by atoms with Crippen LogP contribution in [-0.4, -0.2) is 95.6 Å². The fraction of sp³-hybridized carbons (Fsp3) is 0.561. The fourth-order valence-corrected chi connectivity index (χ4v) is 7.07. The Bertz CT molecular complexity index is 1740. The first-order valence-electron chi connectivity index (χ1n) is 19.3. The van der Waals surface area contributed by atoms with E-state index in [1.54, 1.807) is 22.6 Å². The summed E-state index contributed by atoms with van der Waals surface area (Å²) in [6, 6.07) is 4.90. The molecule has 3 rings (SSSR count). The van der Waals surface area contributed by atoms with Gasteiger partial charge < -0.3 is 36.6 Å². The van der Waals surface area contributed by atoms with Crippen molar-refractivity contribution in [1.82, 2.24) is 31.2 Å². The van der Waals surface area contributed by atoms with Gasteiger partial charge in [-0.3, -0.25) is 33.8 Å². The summed E-state index contributed by atoms with van der Waals surface area (Å²) in [5.41, 5.74) is 6.61. The van der Waals surface area contributed by atoms with Crippen molar-refractivity contribution < 1.29 is 33.5 Å². The van der Waals surface area contributed by atoms with Gasteiger partial charge in [-0.1, -0.05) is 91.8 Å². The molecule has 0 spiro atoms. The molecule has 2 aromatic rings. The van der Waals surface area contributed by atoms with E-state index in [1.165, 1.54) is 24.5 Å². The van der Waals surface area contributed by atoms with E-state index in [0.717, 1.165) is 5.56 Å². The van der Waals surface area contributed by atoms with Gasteiger partial charge in [0.1, 0.15) is 35.5 Å². The molecule has 2 heterocycles. The summed E-state index contributed by atoms with van der Waals surface area (Å²) in [6.07, 6.45) is 5.69. The van der Waals surface area contributed by atoms with Gasteiger partial charge in [0.2, 0.25) is 29.5 Å². The summed E-state index contributed by atoms with van der Waals surface area (Å²) in [5, 5.41) is 13.6. The number of ether oxygens (including phenoxy) is 1. The lowest BCUT2D eigenvalue weighted by atomic mass is 9.85. The number of methoxy groups -OCH3 is 1. The largest absolute Gasteiger partial charge is 0.469 e. The fourth-order valence-electron chi connectivity index (χ4n) is 6.38. The van der Waals surface area contributed by atoms with Gasteiger partial charge in [-0.25, -0.2) is 4.98 Å². The molecular formula is C41H60N8O7S. The van der Waals surface area contributed by atoms with Gasteiger partial charge in [-0.05, 0) is 41.7 Å². The van der Waals surface area contributed by atoms with Crippen LogP contribution in [0.25, 0.3) is 0 Å². The number of aromatic nitrogens is 1. The van der Waals surface area contributed by atoms with Crippen LogP contribution in [0.5, 0.6) is 0 Å². The Morgan fingerprint density at radius 2 is 1.67 bits per heavy atom. The number of hydrogen-bond donors (Lipinski definition) is 5. The van der Waals surface area contributed by atoms with Crippen LogP contribution in [0.4, 0.5) is 0 Å². The number of carbonyl (C=O) groups excluding carboxylic acids is 6. The monoisotopic (exact) mass is 808 g/mol. The molecule has 1 aliphatic rings. The molecule has 57 heavy (non-hydrogen) atoms. The number of aliphatic imine (C=N–C) groups is 1. The normalized spacial score (nSPS) is 17.4. The molecular weight excluding hydrogens is 749 g/mol. The molecule has 0 bridgehead atoms. The maximum Gasteiger partial charge on any atom is 0.308 e. The van der Waals surface area contributed by atoms with Gasteiger partial charge in [-0.15, -0.1) is 11.3 Å². The minimum absolute atomic E-state index is 0.0700. The first kappa shape index (κ1) is 46.3. The molecule has 0 aliphatic carbocycles. The molecule has 15 nitrogen and oxygen atoms in total. The molecule has 6 N–H and O–H groups in total. The Morgan fingerprint density at radius 3 is 2.25 bits per heavy atom. The van der Waals surface area contributed by atoms with Gasteiger partial charge in [0.15, 0.2) is 0 Å². The van der Waals surface area contributed by atoms with Crippen molar-refractivity contribution in [3.8, 4) is 0 Å². The molecule has 0 radical (unpaired) electrons. The SMILES string of the molecule is COC(=O)CC(NC(=O)C(NC(=O)CN=C(N)C1CCCN1C(=O)C(NC(=O)C(NC(=O)C=CC(C)C)C(C)(C)C)C(C)C)C(C)c1ccccc1)c1nccs1. The maximum absolute atomic E-state index is 14.1. The maximum atomic E-state index is 14.1. The van der Waals surface area contributed by atoms with E-state index in [9.17, 15) is 28.8 Å². The predicted octanol–water partition coefficient (Wildman–Crippen LogP) is 3.38. The summed E-state index contributed by atoms with van der Waals surface area (Å²) in [4.78, 5) is 90.2.